The van der Waals surface area contributed by atoms with Gasteiger partial charge in [0.1, 0.15) is 0 Å². The van der Waals surface area contributed by atoms with Crippen LogP contribution in [0.3, 0.4) is 0 Å². The summed E-state index contributed by atoms with van der Waals surface area (Å²) in [6.07, 6.45) is 1.92. The Balaban J connectivity index is -0.0000000655. The predicted octanol–water partition coefficient (Wildman–Crippen LogP) is -2.55. The van der Waals surface area contributed by atoms with Crippen molar-refractivity contribution in [3.63, 3.8) is 0 Å². The summed E-state index contributed by atoms with van der Waals surface area (Å²) in [6, 6.07) is 0. The summed E-state index contributed by atoms with van der Waals surface area (Å²) >= 11 is 0. The SMILES string of the molecule is CS(=O)(=O)O.CS(=O)(=O)[O-].CS(=O)(=O)[O-].[Mg+2]. The Hall–Kier alpha value is 0.496. The van der Waals surface area contributed by atoms with Gasteiger partial charge in [0.2, 0.25) is 0 Å². The van der Waals surface area contributed by atoms with E-state index in [0.717, 1.165) is 0 Å². The average molecular weight is 311 g/mol. The van der Waals surface area contributed by atoms with Gasteiger partial charge in [-0.15, -0.1) is 0 Å². The Kier molecular flexibility index (Phi) is 15.1. The second kappa shape index (κ2) is 9.52. The molecule has 16 heavy (non-hydrogen) atoms. The van der Waals surface area contributed by atoms with E-state index in [0.29, 0.717) is 18.8 Å². The molecule has 0 atom stereocenters. The molecule has 13 heteroatoms. The van der Waals surface area contributed by atoms with Crippen LogP contribution in [0.4, 0.5) is 0 Å². The molecular weight excluding hydrogens is 301 g/mol. The third kappa shape index (κ3) is 10700. The molecule has 0 rings (SSSR count). The van der Waals surface area contributed by atoms with Gasteiger partial charge in [-0.3, -0.25) is 4.55 Å². The third-order valence-corrected chi connectivity index (χ3v) is 0. The van der Waals surface area contributed by atoms with Gasteiger partial charge in [0.05, 0.1) is 26.5 Å². The number of hydrogen-bond acceptors (Lipinski definition) is 8. The number of hydrogen-bond donors (Lipinski definition) is 1. The Morgan fingerprint density at radius 2 is 0.750 bits per heavy atom. The molecule has 0 aliphatic carbocycles. The fraction of sp³-hybridized carbons (Fsp3) is 1.00. The molecule has 0 aromatic heterocycles. The first kappa shape index (κ1) is 25.4. The van der Waals surface area contributed by atoms with Crippen molar-refractivity contribution in [3.05, 3.63) is 0 Å². The van der Waals surface area contributed by atoms with Crippen LogP contribution in [-0.4, -0.2) is 80.7 Å². The van der Waals surface area contributed by atoms with Crippen LogP contribution >= 0.6 is 0 Å². The molecule has 0 aliphatic rings. The first-order valence-corrected chi connectivity index (χ1v) is 8.22. The van der Waals surface area contributed by atoms with Crippen molar-refractivity contribution in [1.82, 2.24) is 0 Å². The van der Waals surface area contributed by atoms with Crippen LogP contribution in [-0.2, 0) is 30.4 Å². The molecule has 96 valence electrons. The van der Waals surface area contributed by atoms with Crippen LogP contribution in [0.15, 0.2) is 0 Å². The van der Waals surface area contributed by atoms with E-state index >= 15 is 0 Å². The van der Waals surface area contributed by atoms with E-state index in [1.165, 1.54) is 0 Å². The minimum atomic E-state index is -3.92. The predicted molar refractivity (Wildman–Crippen MR) is 54.5 cm³/mol. The minimum Gasteiger partial charge on any atom is -0.748 e. The fourth-order valence-corrected chi connectivity index (χ4v) is 0. The van der Waals surface area contributed by atoms with Crippen molar-refractivity contribution < 1.29 is 38.9 Å². The largest absolute Gasteiger partial charge is 2.00 e. The quantitative estimate of drug-likeness (QED) is 0.373. The Labute approximate surface area is 111 Å². The van der Waals surface area contributed by atoms with Gasteiger partial charge in [-0.1, -0.05) is 0 Å². The van der Waals surface area contributed by atoms with E-state index in [-0.39, 0.29) is 23.1 Å². The topological polar surface area (TPSA) is 169 Å². The van der Waals surface area contributed by atoms with Gasteiger partial charge < -0.3 is 9.11 Å². The molecule has 0 aliphatic heterocycles. The van der Waals surface area contributed by atoms with Crippen molar-refractivity contribution in [2.75, 3.05) is 18.8 Å². The Morgan fingerprint density at radius 1 is 0.750 bits per heavy atom. The standard InChI is InChI=1S/3CH4O3S.Mg/c3*1-5(2,3)4;/h3*1H3,(H,2,3,4);/q;;;+2/p-2. The molecule has 0 saturated carbocycles. The summed E-state index contributed by atoms with van der Waals surface area (Å²) in [5.74, 6) is 0. The zero-order valence-electron chi connectivity index (χ0n) is 8.65. The first-order chi connectivity index (χ1) is 6.00. The van der Waals surface area contributed by atoms with Crippen molar-refractivity contribution in [3.8, 4) is 0 Å². The van der Waals surface area contributed by atoms with E-state index in [2.05, 4.69) is 0 Å². The fourth-order valence-electron chi connectivity index (χ4n) is 0. The Morgan fingerprint density at radius 3 is 0.750 bits per heavy atom. The van der Waals surface area contributed by atoms with Crippen molar-refractivity contribution >= 4 is 53.4 Å². The van der Waals surface area contributed by atoms with E-state index in [4.69, 9.17) is 30.5 Å². The zero-order chi connectivity index (χ0) is 13.5. The zero-order valence-corrected chi connectivity index (χ0v) is 12.5. The molecule has 0 amide bonds. The van der Waals surface area contributed by atoms with Crippen LogP contribution in [0.1, 0.15) is 0 Å². The van der Waals surface area contributed by atoms with Gasteiger partial charge in [0, 0.05) is 12.5 Å². The monoisotopic (exact) mass is 310 g/mol. The summed E-state index contributed by atoms with van der Waals surface area (Å²) in [5, 5.41) is 0. The molecule has 0 aromatic rings. The van der Waals surface area contributed by atoms with Gasteiger partial charge in [-0.05, 0) is 0 Å². The Bertz CT molecular complexity index is 347. The van der Waals surface area contributed by atoms with Crippen molar-refractivity contribution in [1.29, 1.82) is 0 Å². The van der Waals surface area contributed by atoms with Gasteiger partial charge in [-0.2, -0.15) is 8.42 Å². The van der Waals surface area contributed by atoms with E-state index in [9.17, 15) is 8.42 Å². The normalized spacial score (nSPS) is 10.9. The molecule has 0 fully saturated rings. The summed E-state index contributed by atoms with van der Waals surface area (Å²) < 4.78 is 80.3. The molecular formula is C3H10MgO9S3. The van der Waals surface area contributed by atoms with Crippen LogP contribution in [0.25, 0.3) is 0 Å². The van der Waals surface area contributed by atoms with Gasteiger partial charge in [-0.25, -0.2) is 16.8 Å². The smallest absolute Gasteiger partial charge is 0.748 e. The molecule has 0 bridgehead atoms. The van der Waals surface area contributed by atoms with E-state index in [1.54, 1.807) is 0 Å². The van der Waals surface area contributed by atoms with E-state index in [1.807, 2.05) is 0 Å². The summed E-state index contributed by atoms with van der Waals surface area (Å²) in [5.41, 5.74) is 0. The molecule has 0 radical (unpaired) electrons. The first-order valence-electron chi connectivity index (χ1n) is 2.74. The van der Waals surface area contributed by atoms with Crippen LogP contribution in [0, 0.1) is 0 Å². The summed E-state index contributed by atoms with van der Waals surface area (Å²) in [4.78, 5) is 0. The molecule has 0 heterocycles. The second-order valence-corrected chi connectivity index (χ2v) is 6.42. The molecule has 0 spiro atoms. The molecule has 9 nitrogen and oxygen atoms in total. The minimum absolute atomic E-state index is 0. The average Bonchev–Trinajstić information content (AvgIpc) is 1.41. The van der Waals surface area contributed by atoms with Crippen molar-refractivity contribution in [2.45, 2.75) is 0 Å². The van der Waals surface area contributed by atoms with E-state index < -0.39 is 30.4 Å². The van der Waals surface area contributed by atoms with Crippen LogP contribution in [0.5, 0.6) is 0 Å². The summed E-state index contributed by atoms with van der Waals surface area (Å²) in [7, 11) is -11.5. The maximum atomic E-state index is 9.19. The van der Waals surface area contributed by atoms with Gasteiger partial charge >= 0.3 is 23.1 Å². The molecule has 0 saturated heterocycles. The second-order valence-electron chi connectivity index (χ2n) is 2.14. The molecule has 1 N–H and O–H groups in total. The molecule has 0 aromatic carbocycles. The van der Waals surface area contributed by atoms with Gasteiger partial charge in [0.15, 0.2) is 0 Å². The maximum Gasteiger partial charge on any atom is 2.00 e. The van der Waals surface area contributed by atoms with Crippen LogP contribution < -0.4 is 0 Å². The van der Waals surface area contributed by atoms with Gasteiger partial charge in [0.25, 0.3) is 10.1 Å². The summed E-state index contributed by atoms with van der Waals surface area (Å²) in [6.45, 7) is 0. The third-order valence-electron chi connectivity index (χ3n) is 0. The molecule has 0 unspecified atom stereocenters. The maximum absolute atomic E-state index is 9.19. The number of rotatable bonds is 0. The van der Waals surface area contributed by atoms with Crippen LogP contribution in [0.2, 0.25) is 0 Å². The van der Waals surface area contributed by atoms with Crippen molar-refractivity contribution in [2.24, 2.45) is 0 Å².